The number of morpholine rings is 1. The zero-order valence-corrected chi connectivity index (χ0v) is 15.2. The highest BCUT2D eigenvalue weighted by molar-refractivity contribution is 7.17. The molecule has 2 aromatic rings. The van der Waals surface area contributed by atoms with Crippen molar-refractivity contribution < 1.29 is 19.0 Å². The van der Waals surface area contributed by atoms with Crippen LogP contribution in [0.1, 0.15) is 23.5 Å². The first-order valence-corrected chi connectivity index (χ1v) is 9.36. The van der Waals surface area contributed by atoms with E-state index in [-0.39, 0.29) is 18.1 Å². The van der Waals surface area contributed by atoms with Crippen LogP contribution >= 0.6 is 11.3 Å². The number of fused-ring (bicyclic) bond motifs is 1. The summed E-state index contributed by atoms with van der Waals surface area (Å²) in [5.41, 5.74) is 1.04. The topological polar surface area (TPSA) is 48.0 Å². The van der Waals surface area contributed by atoms with E-state index in [0.717, 1.165) is 26.8 Å². The van der Waals surface area contributed by atoms with Crippen LogP contribution < -0.4 is 9.47 Å². The monoisotopic (exact) mass is 359 g/mol. The quantitative estimate of drug-likeness (QED) is 0.824. The van der Waals surface area contributed by atoms with Crippen molar-refractivity contribution in [3.63, 3.8) is 0 Å². The maximum Gasteiger partial charge on any atom is 0.264 e. The summed E-state index contributed by atoms with van der Waals surface area (Å²) in [5, 5.41) is 0. The van der Waals surface area contributed by atoms with Gasteiger partial charge >= 0.3 is 0 Å². The van der Waals surface area contributed by atoms with E-state index in [9.17, 15) is 4.79 Å². The number of nitrogens with zero attached hydrogens (tertiary/aromatic N) is 1. The SMILES string of the molecule is CC1CN(C(=O)c2ccc(-c3ccc4c(c3)OCCO4)s2)CC(C)O1. The predicted octanol–water partition coefficient (Wildman–Crippen LogP) is 3.44. The third-order valence-corrected chi connectivity index (χ3v) is 5.47. The summed E-state index contributed by atoms with van der Waals surface area (Å²) in [6, 6.07) is 9.82. The Hall–Kier alpha value is -2.05. The predicted molar refractivity (Wildman–Crippen MR) is 96.7 cm³/mol. The van der Waals surface area contributed by atoms with Gasteiger partial charge in [-0.15, -0.1) is 11.3 Å². The molecule has 2 unspecified atom stereocenters. The van der Waals surface area contributed by atoms with Crippen LogP contribution in [0.2, 0.25) is 0 Å². The van der Waals surface area contributed by atoms with Crippen molar-refractivity contribution in [3.8, 4) is 21.9 Å². The molecule has 132 valence electrons. The van der Waals surface area contributed by atoms with Crippen LogP contribution in [-0.4, -0.2) is 49.3 Å². The van der Waals surface area contributed by atoms with E-state index < -0.39 is 0 Å². The molecule has 6 heteroatoms. The number of carbonyl (C=O) groups is 1. The number of thiophene rings is 1. The fourth-order valence-electron chi connectivity index (χ4n) is 3.30. The van der Waals surface area contributed by atoms with Crippen molar-refractivity contribution >= 4 is 17.2 Å². The zero-order valence-electron chi connectivity index (χ0n) is 14.4. The van der Waals surface area contributed by atoms with E-state index in [4.69, 9.17) is 14.2 Å². The van der Waals surface area contributed by atoms with Crippen molar-refractivity contribution in [1.82, 2.24) is 4.90 Å². The average Bonchev–Trinajstić information content (AvgIpc) is 3.10. The van der Waals surface area contributed by atoms with Gasteiger partial charge in [0.1, 0.15) is 13.2 Å². The van der Waals surface area contributed by atoms with Crippen LogP contribution in [0.3, 0.4) is 0 Å². The Balaban J connectivity index is 1.55. The van der Waals surface area contributed by atoms with Gasteiger partial charge in [-0.3, -0.25) is 4.79 Å². The Bertz CT molecular complexity index is 777. The minimum absolute atomic E-state index is 0.0740. The molecule has 0 bridgehead atoms. The molecule has 0 saturated carbocycles. The number of benzene rings is 1. The summed E-state index contributed by atoms with van der Waals surface area (Å²) in [4.78, 5) is 16.5. The van der Waals surface area contributed by atoms with E-state index >= 15 is 0 Å². The minimum atomic E-state index is 0.0740. The van der Waals surface area contributed by atoms with Gasteiger partial charge in [-0.1, -0.05) is 0 Å². The molecule has 5 nitrogen and oxygen atoms in total. The number of hydrogen-bond acceptors (Lipinski definition) is 5. The Kier molecular flexibility index (Phi) is 4.39. The van der Waals surface area contributed by atoms with Crippen molar-refractivity contribution in [2.75, 3.05) is 26.3 Å². The first-order chi connectivity index (χ1) is 12.1. The minimum Gasteiger partial charge on any atom is -0.486 e. The van der Waals surface area contributed by atoms with Gasteiger partial charge < -0.3 is 19.1 Å². The highest BCUT2D eigenvalue weighted by atomic mass is 32.1. The van der Waals surface area contributed by atoms with Crippen molar-refractivity contribution in [2.24, 2.45) is 0 Å². The summed E-state index contributed by atoms with van der Waals surface area (Å²) in [5.74, 6) is 1.62. The third-order valence-electron chi connectivity index (χ3n) is 4.35. The van der Waals surface area contributed by atoms with Crippen LogP contribution in [0.5, 0.6) is 11.5 Å². The van der Waals surface area contributed by atoms with Gasteiger partial charge in [0.15, 0.2) is 11.5 Å². The lowest BCUT2D eigenvalue weighted by Crippen LogP contribution is -2.48. The number of ether oxygens (including phenoxy) is 3. The lowest BCUT2D eigenvalue weighted by molar-refractivity contribution is -0.0585. The lowest BCUT2D eigenvalue weighted by Gasteiger charge is -2.35. The third kappa shape index (κ3) is 3.37. The molecule has 25 heavy (non-hydrogen) atoms. The Morgan fingerprint density at radius 3 is 2.52 bits per heavy atom. The molecule has 2 aliphatic heterocycles. The Morgan fingerprint density at radius 2 is 1.76 bits per heavy atom. The van der Waals surface area contributed by atoms with E-state index in [0.29, 0.717) is 26.3 Å². The van der Waals surface area contributed by atoms with Gasteiger partial charge in [-0.25, -0.2) is 0 Å². The zero-order chi connectivity index (χ0) is 17.4. The van der Waals surface area contributed by atoms with E-state index in [2.05, 4.69) is 0 Å². The van der Waals surface area contributed by atoms with Gasteiger partial charge in [-0.05, 0) is 49.7 Å². The van der Waals surface area contributed by atoms with Crippen LogP contribution in [0.4, 0.5) is 0 Å². The maximum absolute atomic E-state index is 12.8. The van der Waals surface area contributed by atoms with Gasteiger partial charge in [0.2, 0.25) is 0 Å². The maximum atomic E-state index is 12.8. The summed E-state index contributed by atoms with van der Waals surface area (Å²) in [6.07, 6.45) is 0.148. The molecule has 1 saturated heterocycles. The summed E-state index contributed by atoms with van der Waals surface area (Å²) >= 11 is 1.51. The largest absolute Gasteiger partial charge is 0.486 e. The second-order valence-corrected chi connectivity index (χ2v) is 7.57. The molecule has 1 amide bonds. The van der Waals surface area contributed by atoms with Gasteiger partial charge in [0, 0.05) is 18.0 Å². The molecule has 0 radical (unpaired) electrons. The molecule has 1 aromatic heterocycles. The van der Waals surface area contributed by atoms with E-state index in [1.165, 1.54) is 11.3 Å². The van der Waals surface area contributed by atoms with Gasteiger partial charge in [-0.2, -0.15) is 0 Å². The fraction of sp³-hybridized carbons (Fsp3) is 0.421. The molecule has 2 atom stereocenters. The summed E-state index contributed by atoms with van der Waals surface area (Å²) in [7, 11) is 0. The number of rotatable bonds is 2. The molecule has 0 spiro atoms. The number of carbonyl (C=O) groups excluding carboxylic acids is 1. The summed E-state index contributed by atoms with van der Waals surface area (Å²) < 4.78 is 16.9. The highest BCUT2D eigenvalue weighted by Gasteiger charge is 2.27. The first kappa shape index (κ1) is 16.4. The standard InChI is InChI=1S/C19H21NO4S/c1-12-10-20(11-13(2)24-12)19(21)18-6-5-17(25-18)14-3-4-15-16(9-14)23-8-7-22-15/h3-6,9,12-13H,7-8,10-11H2,1-2H3. The molecule has 0 aliphatic carbocycles. The normalized spacial score (nSPS) is 22.7. The van der Waals surface area contributed by atoms with E-state index in [1.807, 2.05) is 49.1 Å². The van der Waals surface area contributed by atoms with Crippen LogP contribution in [0.25, 0.3) is 10.4 Å². The van der Waals surface area contributed by atoms with Gasteiger partial charge in [0.05, 0.1) is 17.1 Å². The Labute approximate surface area is 151 Å². The van der Waals surface area contributed by atoms with E-state index in [1.54, 1.807) is 0 Å². The lowest BCUT2D eigenvalue weighted by atomic mass is 10.1. The fourth-order valence-corrected chi connectivity index (χ4v) is 4.27. The van der Waals surface area contributed by atoms with Crippen LogP contribution in [0.15, 0.2) is 30.3 Å². The molecule has 1 aromatic carbocycles. The number of amides is 1. The highest BCUT2D eigenvalue weighted by Crippen LogP contribution is 2.37. The first-order valence-electron chi connectivity index (χ1n) is 8.55. The molecule has 1 fully saturated rings. The van der Waals surface area contributed by atoms with Crippen molar-refractivity contribution in [2.45, 2.75) is 26.1 Å². The summed E-state index contributed by atoms with van der Waals surface area (Å²) in [6.45, 7) is 6.44. The molecule has 3 heterocycles. The van der Waals surface area contributed by atoms with Crippen LogP contribution in [-0.2, 0) is 4.74 Å². The second kappa shape index (κ2) is 6.69. The smallest absolute Gasteiger partial charge is 0.264 e. The second-order valence-electron chi connectivity index (χ2n) is 6.49. The molecule has 0 N–H and O–H groups in total. The molecule has 4 rings (SSSR count). The molecular weight excluding hydrogens is 338 g/mol. The average molecular weight is 359 g/mol. The van der Waals surface area contributed by atoms with Crippen LogP contribution in [0, 0.1) is 0 Å². The van der Waals surface area contributed by atoms with Gasteiger partial charge in [0.25, 0.3) is 5.91 Å². The Morgan fingerprint density at radius 1 is 1.04 bits per heavy atom. The number of hydrogen-bond donors (Lipinski definition) is 0. The molecule has 2 aliphatic rings. The van der Waals surface area contributed by atoms with Crippen molar-refractivity contribution in [1.29, 1.82) is 0 Å². The van der Waals surface area contributed by atoms with Crippen molar-refractivity contribution in [3.05, 3.63) is 35.2 Å². The molecular formula is C19H21NO4S.